The van der Waals surface area contributed by atoms with Crippen molar-refractivity contribution in [2.24, 2.45) is 34.5 Å². The van der Waals surface area contributed by atoms with Crippen LogP contribution in [0.15, 0.2) is 11.6 Å². The SMILES string of the molecule is COC1C(O)C(C)OC(OC2CCC3(C)C(CCC4C3CCC3(C)C(C5=CC(=O)OC5)CCC43O)C2)C1OC1OC(CO)C(O)C(O)C1O. The first-order chi connectivity index (χ1) is 23.3. The summed E-state index contributed by atoms with van der Waals surface area (Å²) in [4.78, 5) is 11.9. The van der Waals surface area contributed by atoms with E-state index in [4.69, 9.17) is 28.4 Å². The molecule has 6 N–H and O–H groups in total. The van der Waals surface area contributed by atoms with Crippen molar-refractivity contribution in [2.45, 2.75) is 152 Å². The summed E-state index contributed by atoms with van der Waals surface area (Å²) in [6.45, 7) is 6.10. The minimum Gasteiger partial charge on any atom is -0.458 e. The van der Waals surface area contributed by atoms with E-state index >= 15 is 0 Å². The number of fused-ring (bicyclic) bond motifs is 5. The standard InChI is InChI=1S/C36H56O13/c1-17-26(39)30(44-4)31(49-32-29(42)28(41)27(40)24(15-37)48-32)33(46-17)47-20-7-10-34(2)19(14-20)5-6-23-22(34)8-11-35(3)21(9-12-36(23,35)43)18-13-25(38)45-16-18/h13,17,19-24,26-33,37,39-43H,5-12,14-16H2,1-4H3. The molecule has 0 bridgehead atoms. The van der Waals surface area contributed by atoms with E-state index in [9.17, 15) is 35.4 Å². The Morgan fingerprint density at radius 3 is 2.33 bits per heavy atom. The normalized spacial score (nSPS) is 54.4. The number of ether oxygens (including phenoxy) is 6. The Labute approximate surface area is 287 Å². The molecule has 4 aliphatic carbocycles. The van der Waals surface area contributed by atoms with Crippen LogP contribution in [0.2, 0.25) is 0 Å². The van der Waals surface area contributed by atoms with Gasteiger partial charge in [0.2, 0.25) is 0 Å². The summed E-state index contributed by atoms with van der Waals surface area (Å²) in [5.41, 5.74) is -0.00574. The molecule has 2 saturated heterocycles. The van der Waals surface area contributed by atoms with Gasteiger partial charge in [0, 0.05) is 18.6 Å². The predicted molar refractivity (Wildman–Crippen MR) is 170 cm³/mol. The van der Waals surface area contributed by atoms with Crippen molar-refractivity contribution in [3.63, 3.8) is 0 Å². The van der Waals surface area contributed by atoms with Gasteiger partial charge >= 0.3 is 5.97 Å². The fraction of sp³-hybridized carbons (Fsp3) is 0.917. The lowest BCUT2D eigenvalue weighted by atomic mass is 9.43. The van der Waals surface area contributed by atoms with Gasteiger partial charge in [-0.15, -0.1) is 0 Å². The highest BCUT2D eigenvalue weighted by atomic mass is 16.8. The van der Waals surface area contributed by atoms with Crippen LogP contribution in [0, 0.1) is 34.5 Å². The molecule has 0 amide bonds. The van der Waals surface area contributed by atoms with Gasteiger partial charge in [0.25, 0.3) is 0 Å². The van der Waals surface area contributed by atoms with Crippen molar-refractivity contribution in [1.29, 1.82) is 0 Å². The van der Waals surface area contributed by atoms with Crippen LogP contribution in [0.5, 0.6) is 0 Å². The summed E-state index contributed by atoms with van der Waals surface area (Å²) in [5.74, 6) is 0.821. The molecule has 49 heavy (non-hydrogen) atoms. The Morgan fingerprint density at radius 2 is 1.63 bits per heavy atom. The third kappa shape index (κ3) is 5.74. The minimum absolute atomic E-state index is 0.0296. The average Bonchev–Trinajstić information content (AvgIpc) is 3.62. The molecular weight excluding hydrogens is 640 g/mol. The summed E-state index contributed by atoms with van der Waals surface area (Å²) >= 11 is 0. The number of carbonyl (C=O) groups excluding carboxylic acids is 1. The third-order valence-electron chi connectivity index (χ3n) is 14.4. The summed E-state index contributed by atoms with van der Waals surface area (Å²) < 4.78 is 35.5. The molecule has 0 aromatic carbocycles. The first-order valence-electron chi connectivity index (χ1n) is 18.3. The predicted octanol–water partition coefficient (Wildman–Crippen LogP) is 0.934. The number of aliphatic hydroxyl groups is 6. The van der Waals surface area contributed by atoms with Gasteiger partial charge in [-0.2, -0.15) is 0 Å². The van der Waals surface area contributed by atoms with Crippen LogP contribution in [0.25, 0.3) is 0 Å². The average molecular weight is 697 g/mol. The summed E-state index contributed by atoms with van der Waals surface area (Å²) in [6.07, 6.45) is -2.68. The minimum atomic E-state index is -1.63. The van der Waals surface area contributed by atoms with Crippen LogP contribution < -0.4 is 0 Å². The lowest BCUT2D eigenvalue weighted by molar-refractivity contribution is -0.372. The molecule has 7 aliphatic rings. The molecule has 7 rings (SSSR count). The molecule has 0 radical (unpaired) electrons. The van der Waals surface area contributed by atoms with Crippen LogP contribution in [0.3, 0.4) is 0 Å². The number of aliphatic hydroxyl groups excluding tert-OH is 5. The largest absolute Gasteiger partial charge is 0.458 e. The number of rotatable bonds is 7. The molecule has 13 heteroatoms. The Bertz CT molecular complexity index is 1260. The second-order valence-electron chi connectivity index (χ2n) is 16.5. The molecule has 4 saturated carbocycles. The molecule has 0 aromatic heterocycles. The van der Waals surface area contributed by atoms with Crippen LogP contribution in [-0.2, 0) is 33.2 Å². The van der Waals surface area contributed by atoms with Gasteiger partial charge in [0.15, 0.2) is 12.6 Å². The van der Waals surface area contributed by atoms with Gasteiger partial charge in [0.05, 0.1) is 24.4 Å². The molecule has 6 fully saturated rings. The van der Waals surface area contributed by atoms with Gasteiger partial charge in [0.1, 0.15) is 49.3 Å². The van der Waals surface area contributed by atoms with E-state index in [0.29, 0.717) is 18.4 Å². The van der Waals surface area contributed by atoms with Crippen molar-refractivity contribution in [2.75, 3.05) is 20.3 Å². The van der Waals surface area contributed by atoms with Crippen LogP contribution in [0.4, 0.5) is 0 Å². The summed E-state index contributed by atoms with van der Waals surface area (Å²) in [5, 5.41) is 64.5. The van der Waals surface area contributed by atoms with Crippen molar-refractivity contribution in [3.05, 3.63) is 11.6 Å². The highest BCUT2D eigenvalue weighted by Crippen LogP contribution is 2.70. The van der Waals surface area contributed by atoms with Crippen molar-refractivity contribution in [3.8, 4) is 0 Å². The number of hydrogen-bond donors (Lipinski definition) is 6. The zero-order valence-electron chi connectivity index (χ0n) is 29.1. The molecule has 18 atom stereocenters. The molecule has 3 heterocycles. The third-order valence-corrected chi connectivity index (χ3v) is 14.4. The van der Waals surface area contributed by atoms with Crippen molar-refractivity contribution in [1.82, 2.24) is 0 Å². The highest BCUT2D eigenvalue weighted by Gasteiger charge is 2.68. The maximum atomic E-state index is 12.6. The molecule has 278 valence electrons. The zero-order chi connectivity index (χ0) is 35.0. The molecule has 3 aliphatic heterocycles. The highest BCUT2D eigenvalue weighted by molar-refractivity contribution is 5.85. The molecular formula is C36H56O13. The number of methoxy groups -OCH3 is 1. The Balaban J connectivity index is 1.05. The monoisotopic (exact) mass is 696 g/mol. The lowest BCUT2D eigenvalue weighted by Crippen LogP contribution is -2.65. The van der Waals surface area contributed by atoms with E-state index in [-0.39, 0.29) is 34.7 Å². The van der Waals surface area contributed by atoms with Crippen molar-refractivity contribution < 1.29 is 63.9 Å². The van der Waals surface area contributed by atoms with Crippen LogP contribution in [0.1, 0.15) is 78.6 Å². The van der Waals surface area contributed by atoms with E-state index in [2.05, 4.69) is 13.8 Å². The Hall–Kier alpha value is -1.23. The smallest absolute Gasteiger partial charge is 0.331 e. The first-order valence-corrected chi connectivity index (χ1v) is 18.3. The van der Waals surface area contributed by atoms with Gasteiger partial charge < -0.3 is 59.1 Å². The van der Waals surface area contributed by atoms with E-state index in [1.54, 1.807) is 13.0 Å². The van der Waals surface area contributed by atoms with Gasteiger partial charge in [-0.3, -0.25) is 0 Å². The van der Waals surface area contributed by atoms with Gasteiger partial charge in [-0.05, 0) is 99.4 Å². The number of esters is 1. The maximum Gasteiger partial charge on any atom is 0.331 e. The van der Waals surface area contributed by atoms with E-state index in [0.717, 1.165) is 63.4 Å². The lowest BCUT2D eigenvalue weighted by Gasteiger charge is -2.64. The Kier molecular flexibility index (Phi) is 9.82. The summed E-state index contributed by atoms with van der Waals surface area (Å²) in [6, 6.07) is 0. The van der Waals surface area contributed by atoms with Crippen LogP contribution in [-0.4, -0.2) is 130 Å². The van der Waals surface area contributed by atoms with Crippen molar-refractivity contribution >= 4 is 5.97 Å². The number of hydrogen-bond acceptors (Lipinski definition) is 13. The van der Waals surface area contributed by atoms with Gasteiger partial charge in [-0.25, -0.2) is 4.79 Å². The molecule has 13 nitrogen and oxygen atoms in total. The second kappa shape index (κ2) is 13.3. The van der Waals surface area contributed by atoms with Gasteiger partial charge in [-0.1, -0.05) is 13.8 Å². The summed E-state index contributed by atoms with van der Waals surface area (Å²) in [7, 11) is 1.44. The Morgan fingerprint density at radius 1 is 0.857 bits per heavy atom. The van der Waals surface area contributed by atoms with E-state index in [1.165, 1.54) is 7.11 Å². The second-order valence-corrected chi connectivity index (χ2v) is 16.5. The molecule has 18 unspecified atom stereocenters. The number of cyclic esters (lactones) is 1. The maximum absolute atomic E-state index is 12.6. The quantitative estimate of drug-likeness (QED) is 0.163. The zero-order valence-corrected chi connectivity index (χ0v) is 29.1. The van der Waals surface area contributed by atoms with Crippen LogP contribution >= 0.6 is 0 Å². The first kappa shape index (κ1) is 36.1. The fourth-order valence-corrected chi connectivity index (χ4v) is 11.5. The van der Waals surface area contributed by atoms with E-state index in [1.807, 2.05) is 0 Å². The molecule has 0 spiro atoms. The topological polar surface area (TPSA) is 194 Å². The number of carbonyl (C=O) groups is 1. The van der Waals surface area contributed by atoms with E-state index < -0.39 is 73.6 Å². The fourth-order valence-electron chi connectivity index (χ4n) is 11.5. The molecule has 0 aromatic rings.